The van der Waals surface area contributed by atoms with Crippen molar-refractivity contribution in [3.05, 3.63) is 23.4 Å². The zero-order valence-electron chi connectivity index (χ0n) is 11.2. The molecule has 0 aliphatic carbocycles. The van der Waals surface area contributed by atoms with Gasteiger partial charge in [-0.25, -0.2) is 4.79 Å². The maximum Gasteiger partial charge on any atom is 0.335 e. The van der Waals surface area contributed by atoms with Gasteiger partial charge in [-0.3, -0.25) is 4.79 Å². The summed E-state index contributed by atoms with van der Waals surface area (Å²) in [5.74, 6) is -0.445. The Kier molecular flexibility index (Phi) is 9.79. The molecule has 5 heteroatoms. The van der Waals surface area contributed by atoms with Crippen LogP contribution in [0.3, 0.4) is 0 Å². The van der Waals surface area contributed by atoms with Crippen LogP contribution < -0.4 is 11.1 Å². The van der Waals surface area contributed by atoms with E-state index in [0.29, 0.717) is 23.3 Å². The number of amides is 1. The summed E-state index contributed by atoms with van der Waals surface area (Å²) in [6, 6.07) is 0. The van der Waals surface area contributed by atoms with Crippen molar-refractivity contribution in [1.29, 1.82) is 0 Å². The molecule has 0 heterocycles. The molecule has 0 aliphatic rings. The van der Waals surface area contributed by atoms with Crippen LogP contribution in [-0.2, 0) is 14.3 Å². The van der Waals surface area contributed by atoms with E-state index in [1.807, 2.05) is 6.92 Å². The fourth-order valence-electron chi connectivity index (χ4n) is 0.763. The van der Waals surface area contributed by atoms with Crippen LogP contribution in [-0.4, -0.2) is 26.0 Å². The number of hydrogen-bond acceptors (Lipinski definition) is 4. The number of allylic oxidation sites excluding steroid dienone is 1. The van der Waals surface area contributed by atoms with Crippen LogP contribution in [0.25, 0.3) is 0 Å². The average Bonchev–Trinajstić information content (AvgIpc) is 2.35. The zero-order valence-corrected chi connectivity index (χ0v) is 11.2. The molecule has 0 saturated carbocycles. The molecule has 0 bridgehead atoms. The summed E-state index contributed by atoms with van der Waals surface area (Å²) in [5.41, 5.74) is 7.11. The van der Waals surface area contributed by atoms with Crippen molar-refractivity contribution in [2.75, 3.05) is 14.2 Å². The minimum atomic E-state index is -0.348. The number of carbonyl (C=O) groups is 2. The number of hydrogen-bond donors (Lipinski definition) is 2. The molecule has 0 fully saturated rings. The van der Waals surface area contributed by atoms with Gasteiger partial charge in [0, 0.05) is 18.3 Å². The van der Waals surface area contributed by atoms with Crippen molar-refractivity contribution in [3.63, 3.8) is 0 Å². The number of esters is 1. The summed E-state index contributed by atoms with van der Waals surface area (Å²) in [6.45, 7) is 8.63. The van der Waals surface area contributed by atoms with Gasteiger partial charge in [-0.2, -0.15) is 0 Å². The molecule has 5 nitrogen and oxygen atoms in total. The predicted octanol–water partition coefficient (Wildman–Crippen LogP) is 1.11. The molecule has 1 amide bonds. The summed E-state index contributed by atoms with van der Waals surface area (Å²) in [5, 5.41) is 2.43. The fourth-order valence-corrected chi connectivity index (χ4v) is 0.763. The molecule has 3 N–H and O–H groups in total. The second-order valence-electron chi connectivity index (χ2n) is 3.35. The lowest BCUT2D eigenvalue weighted by Gasteiger charge is -2.01. The van der Waals surface area contributed by atoms with E-state index in [-0.39, 0.29) is 11.9 Å². The van der Waals surface area contributed by atoms with Gasteiger partial charge in [0.05, 0.1) is 12.7 Å². The number of methoxy groups -OCH3 is 1. The summed E-state index contributed by atoms with van der Waals surface area (Å²) in [4.78, 5) is 21.1. The van der Waals surface area contributed by atoms with Crippen molar-refractivity contribution in [2.24, 2.45) is 5.73 Å². The van der Waals surface area contributed by atoms with E-state index in [2.05, 4.69) is 16.6 Å². The number of carbonyl (C=O) groups excluding carboxylic acids is 2. The number of nitrogens with one attached hydrogen (secondary N) is 1. The van der Waals surface area contributed by atoms with Crippen molar-refractivity contribution in [1.82, 2.24) is 5.32 Å². The minimum Gasteiger partial charge on any atom is -0.466 e. The molecule has 0 aromatic rings. The number of likely N-dealkylation sites (N-methyl/N-ethyl adjacent to an activating group) is 1. The molecule has 0 saturated heterocycles. The highest BCUT2D eigenvalue weighted by Gasteiger charge is 2.05. The van der Waals surface area contributed by atoms with Crippen LogP contribution in [0.5, 0.6) is 0 Å². The third kappa shape index (κ3) is 8.07. The minimum absolute atomic E-state index is 0.0972. The SMILES string of the molecule is C=C(C)C(=O)NC.CCC(N)=C(C)C(=O)OC. The van der Waals surface area contributed by atoms with Crippen molar-refractivity contribution in [2.45, 2.75) is 27.2 Å². The van der Waals surface area contributed by atoms with Gasteiger partial charge in [0.15, 0.2) is 0 Å². The molecule has 17 heavy (non-hydrogen) atoms. The highest BCUT2D eigenvalue weighted by atomic mass is 16.5. The van der Waals surface area contributed by atoms with Crippen LogP contribution in [0.1, 0.15) is 27.2 Å². The maximum atomic E-state index is 10.8. The topological polar surface area (TPSA) is 81.4 Å². The molecule has 0 aromatic heterocycles. The van der Waals surface area contributed by atoms with Crippen molar-refractivity contribution in [3.8, 4) is 0 Å². The largest absolute Gasteiger partial charge is 0.466 e. The van der Waals surface area contributed by atoms with Gasteiger partial charge in [0.25, 0.3) is 0 Å². The number of rotatable bonds is 3. The Morgan fingerprint density at radius 2 is 1.82 bits per heavy atom. The predicted molar refractivity (Wildman–Crippen MR) is 68.1 cm³/mol. The Balaban J connectivity index is 0. The zero-order chi connectivity index (χ0) is 14.0. The molecule has 0 aromatic carbocycles. The smallest absolute Gasteiger partial charge is 0.335 e. The highest BCUT2D eigenvalue weighted by Crippen LogP contribution is 2.02. The first-order valence-corrected chi connectivity index (χ1v) is 5.22. The van der Waals surface area contributed by atoms with E-state index in [1.165, 1.54) is 7.11 Å². The van der Waals surface area contributed by atoms with Gasteiger partial charge in [0.2, 0.25) is 5.91 Å². The lowest BCUT2D eigenvalue weighted by atomic mass is 10.2. The molecule has 0 radical (unpaired) electrons. The monoisotopic (exact) mass is 242 g/mol. The van der Waals surface area contributed by atoms with Crippen LogP contribution in [0.2, 0.25) is 0 Å². The molecular formula is C12H22N2O3. The van der Waals surface area contributed by atoms with Gasteiger partial charge in [0.1, 0.15) is 0 Å². The van der Waals surface area contributed by atoms with Crippen LogP contribution in [0.15, 0.2) is 23.4 Å². The Labute approximate surface area is 103 Å². The van der Waals surface area contributed by atoms with Gasteiger partial charge in [-0.15, -0.1) is 0 Å². The molecular weight excluding hydrogens is 220 g/mol. The number of nitrogens with two attached hydrogens (primary N) is 1. The quantitative estimate of drug-likeness (QED) is 0.574. The lowest BCUT2D eigenvalue weighted by molar-refractivity contribution is -0.136. The first-order valence-electron chi connectivity index (χ1n) is 5.22. The highest BCUT2D eigenvalue weighted by molar-refractivity contribution is 5.91. The fraction of sp³-hybridized carbons (Fsp3) is 0.500. The summed E-state index contributed by atoms with van der Waals surface area (Å²) < 4.78 is 4.46. The standard InChI is InChI=1S/C7H13NO2.C5H9NO/c1-4-6(8)5(2)7(9)10-3;1-4(2)5(7)6-3/h4,8H2,1-3H3;1H2,2-3H3,(H,6,7). The average molecular weight is 242 g/mol. The second-order valence-corrected chi connectivity index (χ2v) is 3.35. The van der Waals surface area contributed by atoms with E-state index < -0.39 is 0 Å². The molecule has 98 valence electrons. The number of ether oxygens (including phenoxy) is 1. The van der Waals surface area contributed by atoms with Crippen molar-refractivity contribution >= 4 is 11.9 Å². The Morgan fingerprint density at radius 3 is 2.00 bits per heavy atom. The summed E-state index contributed by atoms with van der Waals surface area (Å²) >= 11 is 0. The van der Waals surface area contributed by atoms with Gasteiger partial charge < -0.3 is 15.8 Å². The van der Waals surface area contributed by atoms with Gasteiger partial charge >= 0.3 is 5.97 Å². The molecule has 0 aliphatic heterocycles. The first kappa shape index (κ1) is 17.6. The second kappa shape index (κ2) is 9.45. The van der Waals surface area contributed by atoms with E-state index >= 15 is 0 Å². The van der Waals surface area contributed by atoms with Crippen molar-refractivity contribution < 1.29 is 14.3 Å². The van der Waals surface area contributed by atoms with E-state index in [0.717, 1.165) is 0 Å². The molecule has 0 atom stereocenters. The van der Waals surface area contributed by atoms with E-state index in [4.69, 9.17) is 5.73 Å². The molecule has 0 unspecified atom stereocenters. The molecule has 0 spiro atoms. The normalized spacial score (nSPS) is 10.4. The van der Waals surface area contributed by atoms with Gasteiger partial charge in [-0.05, 0) is 20.3 Å². The van der Waals surface area contributed by atoms with Crippen LogP contribution in [0, 0.1) is 0 Å². The Morgan fingerprint density at radius 1 is 1.35 bits per heavy atom. The van der Waals surface area contributed by atoms with E-state index in [9.17, 15) is 9.59 Å². The lowest BCUT2D eigenvalue weighted by Crippen LogP contribution is -2.17. The Hall–Kier alpha value is -1.78. The van der Waals surface area contributed by atoms with Gasteiger partial charge in [-0.1, -0.05) is 13.5 Å². The first-order chi connectivity index (χ1) is 7.81. The maximum absolute atomic E-state index is 10.8. The third-order valence-electron chi connectivity index (χ3n) is 1.97. The summed E-state index contributed by atoms with van der Waals surface area (Å²) in [6.07, 6.45) is 0.681. The Bertz CT molecular complexity index is 320. The van der Waals surface area contributed by atoms with E-state index in [1.54, 1.807) is 20.9 Å². The summed E-state index contributed by atoms with van der Waals surface area (Å²) in [7, 11) is 2.92. The third-order valence-corrected chi connectivity index (χ3v) is 1.97. The molecule has 0 rings (SSSR count). The van der Waals surface area contributed by atoms with Crippen LogP contribution >= 0.6 is 0 Å². The van der Waals surface area contributed by atoms with Crippen LogP contribution in [0.4, 0.5) is 0 Å².